The number of amides is 2. The van der Waals surface area contributed by atoms with Crippen molar-refractivity contribution in [3.8, 4) is 22.9 Å². The van der Waals surface area contributed by atoms with Crippen molar-refractivity contribution in [3.05, 3.63) is 66.5 Å². The van der Waals surface area contributed by atoms with E-state index in [9.17, 15) is 9.59 Å². The summed E-state index contributed by atoms with van der Waals surface area (Å²) in [4.78, 5) is 33.3. The highest BCUT2D eigenvalue weighted by atomic mass is 16.5. The number of benzene rings is 2. The molecular weight excluding hydrogens is 506 g/mol. The second-order valence-corrected chi connectivity index (χ2v) is 11.4. The van der Waals surface area contributed by atoms with Crippen LogP contribution in [0.2, 0.25) is 0 Å². The minimum Gasteiger partial charge on any atom is -0.493 e. The molecule has 1 atom stereocenters. The van der Waals surface area contributed by atoms with Gasteiger partial charge in [0.05, 0.1) is 20.3 Å². The first-order valence-corrected chi connectivity index (χ1v) is 13.9. The first-order chi connectivity index (χ1) is 19.2. The lowest BCUT2D eigenvalue weighted by Gasteiger charge is -2.30. The highest BCUT2D eigenvalue weighted by Gasteiger charge is 2.24. The molecule has 1 aliphatic heterocycles. The summed E-state index contributed by atoms with van der Waals surface area (Å²) in [6.07, 6.45) is 4.76. The lowest BCUT2D eigenvalue weighted by Crippen LogP contribution is -2.51. The maximum atomic E-state index is 13.3. The first kappa shape index (κ1) is 29.1. The molecule has 0 fully saturated rings. The summed E-state index contributed by atoms with van der Waals surface area (Å²) in [7, 11) is 1.62. The number of hydrogen-bond donors (Lipinski definition) is 2. The number of ether oxygens (including phenoxy) is 2. The van der Waals surface area contributed by atoms with Crippen LogP contribution in [0.25, 0.3) is 11.4 Å². The molecule has 2 bridgehead atoms. The van der Waals surface area contributed by atoms with E-state index in [0.29, 0.717) is 44.2 Å². The molecule has 2 amide bonds. The van der Waals surface area contributed by atoms with E-state index in [-0.39, 0.29) is 23.8 Å². The summed E-state index contributed by atoms with van der Waals surface area (Å²) in [5.74, 6) is 1.69. The fraction of sp³-hybridized carbons (Fsp3) is 0.452. The van der Waals surface area contributed by atoms with Crippen molar-refractivity contribution < 1.29 is 19.1 Å². The normalized spacial score (nSPS) is 17.9. The highest BCUT2D eigenvalue weighted by molar-refractivity contribution is 5.88. The highest BCUT2D eigenvalue weighted by Crippen LogP contribution is 2.32. The fourth-order valence-corrected chi connectivity index (χ4v) is 4.96. The second-order valence-electron chi connectivity index (χ2n) is 11.4. The van der Waals surface area contributed by atoms with Crippen LogP contribution in [0.5, 0.6) is 11.5 Å². The van der Waals surface area contributed by atoms with E-state index in [1.807, 2.05) is 59.3 Å². The number of nitrogens with zero attached hydrogens (tertiary/aromatic N) is 3. The molecule has 2 aromatic carbocycles. The standard InChI is InChI=1S/C31H41N5O4/c1-31(2,3)22-35-15-8-18-40-27-20-24(11-12-26(27)39-4)29-32-13-16-36(29)17-14-33-30(38)25(34-28(37)21-35)19-23-9-6-5-7-10-23/h5-7,9-13,16,20,25H,8,14-15,17-19,21-22H2,1-4H3,(H,33,38)(H,34,37)/t25-/m0/s1. The van der Waals surface area contributed by atoms with Gasteiger partial charge in [-0.1, -0.05) is 51.1 Å². The van der Waals surface area contributed by atoms with Crippen molar-refractivity contribution in [2.75, 3.05) is 39.9 Å². The van der Waals surface area contributed by atoms with Gasteiger partial charge in [-0.3, -0.25) is 14.5 Å². The number of hydrogen-bond acceptors (Lipinski definition) is 6. The smallest absolute Gasteiger partial charge is 0.242 e. The third-order valence-electron chi connectivity index (χ3n) is 6.67. The van der Waals surface area contributed by atoms with Gasteiger partial charge in [-0.2, -0.15) is 0 Å². The number of aromatic nitrogens is 2. The molecule has 0 saturated heterocycles. The lowest BCUT2D eigenvalue weighted by molar-refractivity contribution is -0.129. The van der Waals surface area contributed by atoms with Crippen LogP contribution < -0.4 is 20.1 Å². The summed E-state index contributed by atoms with van der Waals surface area (Å²) >= 11 is 0. The van der Waals surface area contributed by atoms with Gasteiger partial charge < -0.3 is 24.7 Å². The number of carbonyl (C=O) groups is 2. The predicted octanol–water partition coefficient (Wildman–Crippen LogP) is 3.53. The van der Waals surface area contributed by atoms with Crippen molar-refractivity contribution in [1.29, 1.82) is 0 Å². The van der Waals surface area contributed by atoms with E-state index in [1.54, 1.807) is 13.3 Å². The number of nitrogens with one attached hydrogen (secondary N) is 2. The zero-order valence-electron chi connectivity index (χ0n) is 24.0. The largest absolute Gasteiger partial charge is 0.493 e. The molecule has 0 spiro atoms. The zero-order chi connectivity index (χ0) is 28.5. The van der Waals surface area contributed by atoms with Crippen molar-refractivity contribution in [1.82, 2.24) is 25.1 Å². The van der Waals surface area contributed by atoms with Crippen molar-refractivity contribution in [2.24, 2.45) is 5.41 Å². The molecule has 9 nitrogen and oxygen atoms in total. The maximum absolute atomic E-state index is 13.3. The molecule has 3 aromatic rings. The third-order valence-corrected chi connectivity index (χ3v) is 6.67. The van der Waals surface area contributed by atoms with Crippen molar-refractivity contribution in [3.63, 3.8) is 0 Å². The van der Waals surface area contributed by atoms with Crippen LogP contribution in [-0.2, 0) is 22.6 Å². The van der Waals surface area contributed by atoms with Gasteiger partial charge >= 0.3 is 0 Å². The molecular formula is C31H41N5O4. The summed E-state index contributed by atoms with van der Waals surface area (Å²) in [6.45, 7) is 9.44. The van der Waals surface area contributed by atoms with Gasteiger partial charge in [-0.05, 0) is 35.6 Å². The number of carbonyl (C=O) groups excluding carboxylic acids is 2. The monoisotopic (exact) mass is 547 g/mol. The molecule has 2 N–H and O–H groups in total. The van der Waals surface area contributed by atoms with E-state index in [4.69, 9.17) is 9.47 Å². The number of fused-ring (bicyclic) bond motifs is 4. The molecule has 4 rings (SSSR count). The Bertz CT molecular complexity index is 1270. The Morgan fingerprint density at radius 1 is 1.10 bits per heavy atom. The van der Waals surface area contributed by atoms with Crippen molar-refractivity contribution >= 4 is 11.8 Å². The summed E-state index contributed by atoms with van der Waals surface area (Å²) in [5.41, 5.74) is 1.89. The minimum absolute atomic E-state index is 0.00157. The van der Waals surface area contributed by atoms with Crippen LogP contribution in [0, 0.1) is 5.41 Å². The Morgan fingerprint density at radius 3 is 2.65 bits per heavy atom. The van der Waals surface area contributed by atoms with Crippen molar-refractivity contribution in [2.45, 2.75) is 46.2 Å². The van der Waals surface area contributed by atoms with Gasteiger partial charge in [-0.25, -0.2) is 4.98 Å². The van der Waals surface area contributed by atoms with Gasteiger partial charge in [0.25, 0.3) is 0 Å². The van der Waals surface area contributed by atoms with Crippen LogP contribution >= 0.6 is 0 Å². The van der Waals surface area contributed by atoms with Crippen LogP contribution in [-0.4, -0.2) is 72.2 Å². The Hall–Kier alpha value is -3.85. The van der Waals surface area contributed by atoms with E-state index >= 15 is 0 Å². The summed E-state index contributed by atoms with van der Waals surface area (Å²) in [6, 6.07) is 14.9. The minimum atomic E-state index is -0.681. The Balaban J connectivity index is 1.60. The Labute approximate surface area is 236 Å². The van der Waals surface area contributed by atoms with Gasteiger partial charge in [0, 0.05) is 50.6 Å². The van der Waals surface area contributed by atoms with Crippen LogP contribution in [0.1, 0.15) is 32.8 Å². The lowest BCUT2D eigenvalue weighted by atomic mass is 9.96. The van der Waals surface area contributed by atoms with Crippen LogP contribution in [0.3, 0.4) is 0 Å². The van der Waals surface area contributed by atoms with Gasteiger partial charge in [0.1, 0.15) is 11.9 Å². The molecule has 1 aliphatic rings. The maximum Gasteiger partial charge on any atom is 0.242 e. The fourth-order valence-electron chi connectivity index (χ4n) is 4.96. The van der Waals surface area contributed by atoms with E-state index in [2.05, 4.69) is 41.3 Å². The Morgan fingerprint density at radius 2 is 1.90 bits per heavy atom. The number of methoxy groups -OCH3 is 1. The quantitative estimate of drug-likeness (QED) is 0.519. The third kappa shape index (κ3) is 8.32. The molecule has 0 radical (unpaired) electrons. The Kier molecular flexibility index (Phi) is 9.82. The second kappa shape index (κ2) is 13.5. The van der Waals surface area contributed by atoms with Gasteiger partial charge in [0.15, 0.2) is 11.5 Å². The number of imidazole rings is 1. The molecule has 0 saturated carbocycles. The zero-order valence-corrected chi connectivity index (χ0v) is 24.0. The van der Waals surface area contributed by atoms with Crippen LogP contribution in [0.4, 0.5) is 0 Å². The molecule has 1 aromatic heterocycles. The molecule has 0 aliphatic carbocycles. The SMILES string of the molecule is COc1ccc2cc1OCCCN(CC(C)(C)C)CC(=O)N[C@@H](Cc1ccccc1)C(=O)NCCn1ccnc1-2. The van der Waals surface area contributed by atoms with Gasteiger partial charge in [-0.15, -0.1) is 0 Å². The predicted molar refractivity (Wildman–Crippen MR) is 155 cm³/mol. The van der Waals surface area contributed by atoms with E-state index in [0.717, 1.165) is 29.9 Å². The first-order valence-electron chi connectivity index (χ1n) is 13.9. The number of rotatable bonds is 4. The topological polar surface area (TPSA) is 97.7 Å². The van der Waals surface area contributed by atoms with E-state index < -0.39 is 6.04 Å². The molecule has 40 heavy (non-hydrogen) atoms. The molecule has 214 valence electrons. The summed E-state index contributed by atoms with van der Waals surface area (Å²) in [5, 5.41) is 6.03. The van der Waals surface area contributed by atoms with Crippen LogP contribution in [0.15, 0.2) is 60.9 Å². The molecule has 0 unspecified atom stereocenters. The average Bonchev–Trinajstić information content (AvgIpc) is 3.38. The van der Waals surface area contributed by atoms with E-state index in [1.165, 1.54) is 0 Å². The molecule has 2 heterocycles. The van der Waals surface area contributed by atoms with Gasteiger partial charge in [0.2, 0.25) is 11.8 Å². The molecule has 9 heteroatoms. The average molecular weight is 548 g/mol. The summed E-state index contributed by atoms with van der Waals surface area (Å²) < 4.78 is 13.7.